The summed E-state index contributed by atoms with van der Waals surface area (Å²) in [5.74, 6) is -6.19. The van der Waals surface area contributed by atoms with Crippen LogP contribution in [0.3, 0.4) is 0 Å². The molecule has 0 bridgehead atoms. The Labute approximate surface area is 98.6 Å². The summed E-state index contributed by atoms with van der Waals surface area (Å²) in [5.41, 5.74) is 3.14. The number of nitrogens with zero attached hydrogens (tertiary/aromatic N) is 1. The van der Waals surface area contributed by atoms with Gasteiger partial charge in [-0.05, 0) is 6.07 Å². The van der Waals surface area contributed by atoms with Crippen molar-refractivity contribution >= 4 is 5.69 Å². The summed E-state index contributed by atoms with van der Waals surface area (Å²) >= 11 is 0. The molecule has 1 rings (SSSR count). The number of nitro groups is 1. The quantitative estimate of drug-likeness (QED) is 0.557. The molecule has 0 aliphatic rings. The number of rotatable bonds is 4. The summed E-state index contributed by atoms with van der Waals surface area (Å²) in [6.45, 7) is -1.64. The molecule has 9 heteroatoms. The molecule has 0 spiro atoms. The SMILES string of the molecule is N[C@H](c1cc(F)cc([N+](=O)[O-])c1O)C(F)(F)CO. The third-order valence-corrected chi connectivity index (χ3v) is 2.28. The minimum atomic E-state index is -3.85. The van der Waals surface area contributed by atoms with Crippen molar-refractivity contribution in [3.8, 4) is 5.75 Å². The predicted octanol–water partition coefficient (Wildman–Crippen LogP) is 1.07. The Bertz CT molecular complexity index is 481. The molecule has 0 saturated carbocycles. The third kappa shape index (κ3) is 2.51. The van der Waals surface area contributed by atoms with E-state index in [1.54, 1.807) is 0 Å². The minimum Gasteiger partial charge on any atom is -0.502 e. The van der Waals surface area contributed by atoms with E-state index in [0.717, 1.165) is 0 Å². The summed E-state index contributed by atoms with van der Waals surface area (Å²) in [7, 11) is 0. The van der Waals surface area contributed by atoms with E-state index in [4.69, 9.17) is 10.8 Å². The van der Waals surface area contributed by atoms with E-state index in [0.29, 0.717) is 12.1 Å². The van der Waals surface area contributed by atoms with Crippen LogP contribution in [-0.4, -0.2) is 27.7 Å². The Hall–Kier alpha value is -1.87. The number of nitro benzene ring substituents is 1. The summed E-state index contributed by atoms with van der Waals surface area (Å²) in [6, 6.07) is -1.43. The van der Waals surface area contributed by atoms with Gasteiger partial charge in [0.2, 0.25) is 0 Å². The first-order valence-electron chi connectivity index (χ1n) is 4.61. The van der Waals surface area contributed by atoms with Crippen LogP contribution >= 0.6 is 0 Å². The molecule has 0 radical (unpaired) electrons. The van der Waals surface area contributed by atoms with Gasteiger partial charge in [0.15, 0.2) is 5.75 Å². The van der Waals surface area contributed by atoms with Crippen molar-refractivity contribution in [3.05, 3.63) is 33.6 Å². The summed E-state index contributed by atoms with van der Waals surface area (Å²) < 4.78 is 39.2. The van der Waals surface area contributed by atoms with Crippen molar-refractivity contribution in [2.75, 3.05) is 6.61 Å². The Morgan fingerprint density at radius 2 is 2.06 bits per heavy atom. The highest BCUT2D eigenvalue weighted by molar-refractivity contribution is 5.52. The van der Waals surface area contributed by atoms with Gasteiger partial charge < -0.3 is 15.9 Å². The Morgan fingerprint density at radius 1 is 1.50 bits per heavy atom. The van der Waals surface area contributed by atoms with Crippen LogP contribution in [0.5, 0.6) is 5.75 Å². The molecule has 6 nitrogen and oxygen atoms in total. The second-order valence-corrected chi connectivity index (χ2v) is 3.52. The number of halogens is 3. The van der Waals surface area contributed by atoms with Gasteiger partial charge in [-0.2, -0.15) is 0 Å². The number of aliphatic hydroxyl groups excluding tert-OH is 1. The number of nitrogens with two attached hydrogens (primary N) is 1. The summed E-state index contributed by atoms with van der Waals surface area (Å²) in [4.78, 5) is 9.34. The molecular formula is C9H9F3N2O4. The van der Waals surface area contributed by atoms with E-state index in [1.165, 1.54) is 0 Å². The smallest absolute Gasteiger partial charge is 0.313 e. The lowest BCUT2D eigenvalue weighted by atomic mass is 10.00. The summed E-state index contributed by atoms with van der Waals surface area (Å²) in [6.07, 6.45) is 0. The van der Waals surface area contributed by atoms with Crippen LogP contribution in [0.1, 0.15) is 11.6 Å². The minimum absolute atomic E-state index is 0.378. The van der Waals surface area contributed by atoms with Crippen molar-refractivity contribution in [1.29, 1.82) is 0 Å². The molecule has 100 valence electrons. The lowest BCUT2D eigenvalue weighted by molar-refractivity contribution is -0.386. The van der Waals surface area contributed by atoms with Gasteiger partial charge in [0.25, 0.3) is 5.92 Å². The largest absolute Gasteiger partial charge is 0.502 e. The normalized spacial score (nSPS) is 13.4. The molecule has 1 aromatic rings. The molecule has 0 saturated heterocycles. The lowest BCUT2D eigenvalue weighted by Gasteiger charge is -2.22. The van der Waals surface area contributed by atoms with Crippen molar-refractivity contribution in [3.63, 3.8) is 0 Å². The zero-order valence-corrected chi connectivity index (χ0v) is 8.81. The molecule has 0 unspecified atom stereocenters. The van der Waals surface area contributed by atoms with Gasteiger partial charge in [-0.1, -0.05) is 0 Å². The molecule has 18 heavy (non-hydrogen) atoms. The van der Waals surface area contributed by atoms with Crippen molar-refractivity contribution < 1.29 is 28.3 Å². The zero-order valence-electron chi connectivity index (χ0n) is 8.81. The Balaban J connectivity index is 3.37. The summed E-state index contributed by atoms with van der Waals surface area (Å²) in [5, 5.41) is 28.3. The molecule has 0 aliphatic heterocycles. The highest BCUT2D eigenvalue weighted by Crippen LogP contribution is 2.39. The fourth-order valence-corrected chi connectivity index (χ4v) is 1.31. The van der Waals surface area contributed by atoms with Crippen molar-refractivity contribution in [2.45, 2.75) is 12.0 Å². The number of aromatic hydroxyl groups is 1. The van der Waals surface area contributed by atoms with Gasteiger partial charge in [0.05, 0.1) is 11.0 Å². The monoisotopic (exact) mass is 266 g/mol. The molecule has 1 atom stereocenters. The van der Waals surface area contributed by atoms with E-state index in [9.17, 15) is 28.4 Å². The zero-order chi connectivity index (χ0) is 14.1. The third-order valence-electron chi connectivity index (χ3n) is 2.28. The molecule has 0 fully saturated rings. The highest BCUT2D eigenvalue weighted by Gasteiger charge is 2.40. The predicted molar refractivity (Wildman–Crippen MR) is 53.7 cm³/mol. The van der Waals surface area contributed by atoms with Crippen molar-refractivity contribution in [2.24, 2.45) is 5.73 Å². The lowest BCUT2D eigenvalue weighted by Crippen LogP contribution is -2.36. The maximum atomic E-state index is 13.1. The van der Waals surface area contributed by atoms with E-state index in [1.807, 2.05) is 0 Å². The van der Waals surface area contributed by atoms with Crippen LogP contribution in [0.2, 0.25) is 0 Å². The second kappa shape index (κ2) is 4.78. The number of hydrogen-bond acceptors (Lipinski definition) is 5. The fraction of sp³-hybridized carbons (Fsp3) is 0.333. The first-order chi connectivity index (χ1) is 8.20. The molecule has 0 aliphatic carbocycles. The van der Waals surface area contributed by atoms with E-state index >= 15 is 0 Å². The first kappa shape index (κ1) is 14.2. The van der Waals surface area contributed by atoms with E-state index in [2.05, 4.69) is 0 Å². The molecule has 4 N–H and O–H groups in total. The molecular weight excluding hydrogens is 257 g/mol. The average Bonchev–Trinajstić information content (AvgIpc) is 2.30. The van der Waals surface area contributed by atoms with Crippen LogP contribution in [-0.2, 0) is 0 Å². The molecule has 0 aromatic heterocycles. The first-order valence-corrected chi connectivity index (χ1v) is 4.61. The van der Waals surface area contributed by atoms with Gasteiger partial charge >= 0.3 is 5.69 Å². The van der Waals surface area contributed by atoms with Gasteiger partial charge in [-0.3, -0.25) is 10.1 Å². The number of phenolic OH excluding ortho intramolecular Hbond substituents is 1. The van der Waals surface area contributed by atoms with Gasteiger partial charge in [-0.15, -0.1) is 0 Å². The van der Waals surface area contributed by atoms with E-state index in [-0.39, 0.29) is 0 Å². The van der Waals surface area contributed by atoms with Crippen LogP contribution < -0.4 is 5.73 Å². The van der Waals surface area contributed by atoms with Crippen LogP contribution in [0.25, 0.3) is 0 Å². The molecule has 1 aromatic carbocycles. The van der Waals surface area contributed by atoms with Crippen LogP contribution in [0, 0.1) is 15.9 Å². The van der Waals surface area contributed by atoms with E-state index < -0.39 is 46.3 Å². The Morgan fingerprint density at radius 3 is 2.50 bits per heavy atom. The average molecular weight is 266 g/mol. The van der Waals surface area contributed by atoms with Crippen molar-refractivity contribution in [1.82, 2.24) is 0 Å². The number of alkyl halides is 2. The van der Waals surface area contributed by atoms with Gasteiger partial charge in [-0.25, -0.2) is 13.2 Å². The number of hydrogen-bond donors (Lipinski definition) is 3. The van der Waals surface area contributed by atoms with Crippen LogP contribution in [0.4, 0.5) is 18.9 Å². The number of phenols is 1. The molecule has 0 amide bonds. The second-order valence-electron chi connectivity index (χ2n) is 3.52. The van der Waals surface area contributed by atoms with Gasteiger partial charge in [0.1, 0.15) is 18.5 Å². The van der Waals surface area contributed by atoms with Gasteiger partial charge in [0, 0.05) is 5.56 Å². The number of benzene rings is 1. The standard InChI is InChI=1S/C9H9F3N2O4/c10-4-1-5(8(13)9(11,12)3-15)7(16)6(2-4)14(17)18/h1-2,8,15-16H,3,13H2/t8-/m1/s1. The maximum Gasteiger partial charge on any atom is 0.313 e. The fourth-order valence-electron chi connectivity index (χ4n) is 1.31. The highest BCUT2D eigenvalue weighted by atomic mass is 19.3. The Kier molecular flexibility index (Phi) is 3.77. The molecule has 0 heterocycles. The maximum absolute atomic E-state index is 13.1. The van der Waals surface area contributed by atoms with Crippen LogP contribution in [0.15, 0.2) is 12.1 Å². The number of aliphatic hydroxyl groups is 1. The topological polar surface area (TPSA) is 110 Å².